The number of carbonyl (C=O) groups is 1. The van der Waals surface area contributed by atoms with Gasteiger partial charge in [0.25, 0.3) is 0 Å². The maximum Gasteiger partial charge on any atom is 0.335 e. The molecule has 0 unspecified atom stereocenters. The van der Waals surface area contributed by atoms with Gasteiger partial charge in [0.1, 0.15) is 24.0 Å². The molecule has 3 nitrogen and oxygen atoms in total. The normalized spacial score (nSPS) is 10.3. The highest BCUT2D eigenvalue weighted by molar-refractivity contribution is 9.10. The average molecular weight is 343 g/mol. The van der Waals surface area contributed by atoms with E-state index in [2.05, 4.69) is 15.9 Å². The number of aromatic carboxylic acids is 1. The van der Waals surface area contributed by atoms with E-state index in [0.717, 1.165) is 12.1 Å². The van der Waals surface area contributed by atoms with Crippen LogP contribution in [0, 0.1) is 11.6 Å². The molecule has 0 saturated heterocycles. The zero-order valence-electron chi connectivity index (χ0n) is 10.1. The van der Waals surface area contributed by atoms with Crippen LogP contribution in [0.1, 0.15) is 15.9 Å². The summed E-state index contributed by atoms with van der Waals surface area (Å²) in [5.41, 5.74) is 0.332. The SMILES string of the molecule is O=C(O)c1cc(F)cc(OCc2cc(F)cc(Br)c2)c1. The van der Waals surface area contributed by atoms with Crippen molar-refractivity contribution in [3.05, 3.63) is 63.6 Å². The third kappa shape index (κ3) is 3.77. The lowest BCUT2D eigenvalue weighted by Crippen LogP contribution is -2.01. The molecule has 0 amide bonds. The van der Waals surface area contributed by atoms with E-state index < -0.39 is 17.6 Å². The van der Waals surface area contributed by atoms with Gasteiger partial charge in [-0.2, -0.15) is 0 Å². The van der Waals surface area contributed by atoms with E-state index in [1.165, 1.54) is 18.2 Å². The van der Waals surface area contributed by atoms with E-state index >= 15 is 0 Å². The molecular weight excluding hydrogens is 334 g/mol. The van der Waals surface area contributed by atoms with Gasteiger partial charge in [-0.15, -0.1) is 0 Å². The quantitative estimate of drug-likeness (QED) is 0.913. The standard InChI is InChI=1S/C14H9BrF2O3/c15-10-1-8(2-11(16)5-10)7-20-13-4-9(14(18)19)3-12(17)6-13/h1-6H,7H2,(H,18,19). The molecule has 0 aliphatic heterocycles. The van der Waals surface area contributed by atoms with Gasteiger partial charge in [-0.3, -0.25) is 0 Å². The van der Waals surface area contributed by atoms with Crippen molar-refractivity contribution in [1.82, 2.24) is 0 Å². The smallest absolute Gasteiger partial charge is 0.335 e. The van der Waals surface area contributed by atoms with Gasteiger partial charge >= 0.3 is 5.97 Å². The molecule has 2 aromatic rings. The van der Waals surface area contributed by atoms with Gasteiger partial charge < -0.3 is 9.84 Å². The minimum atomic E-state index is -1.25. The Hall–Kier alpha value is -1.95. The molecule has 2 aromatic carbocycles. The summed E-state index contributed by atoms with van der Waals surface area (Å²) in [5, 5.41) is 8.81. The molecule has 0 heterocycles. The Morgan fingerprint density at radius 3 is 2.45 bits per heavy atom. The average Bonchev–Trinajstić information content (AvgIpc) is 2.34. The second-order valence-electron chi connectivity index (χ2n) is 4.05. The van der Waals surface area contributed by atoms with Crippen LogP contribution in [-0.4, -0.2) is 11.1 Å². The third-order valence-electron chi connectivity index (χ3n) is 2.45. The van der Waals surface area contributed by atoms with E-state index in [-0.39, 0.29) is 17.9 Å². The monoisotopic (exact) mass is 342 g/mol. The van der Waals surface area contributed by atoms with E-state index in [0.29, 0.717) is 10.0 Å². The summed E-state index contributed by atoms with van der Waals surface area (Å²) < 4.78 is 32.2. The van der Waals surface area contributed by atoms with Gasteiger partial charge in [0.15, 0.2) is 0 Å². The minimum Gasteiger partial charge on any atom is -0.489 e. The van der Waals surface area contributed by atoms with Crippen LogP contribution in [0.5, 0.6) is 5.75 Å². The molecule has 0 saturated carbocycles. The molecule has 2 rings (SSSR count). The van der Waals surface area contributed by atoms with Crippen LogP contribution < -0.4 is 4.74 Å². The predicted molar refractivity (Wildman–Crippen MR) is 71.8 cm³/mol. The first-order valence-corrected chi connectivity index (χ1v) is 6.35. The van der Waals surface area contributed by atoms with Crippen LogP contribution in [-0.2, 0) is 6.61 Å². The first kappa shape index (κ1) is 14.5. The third-order valence-corrected chi connectivity index (χ3v) is 2.90. The van der Waals surface area contributed by atoms with Crippen LogP contribution in [0.15, 0.2) is 40.9 Å². The second-order valence-corrected chi connectivity index (χ2v) is 4.96. The van der Waals surface area contributed by atoms with Crippen molar-refractivity contribution < 1.29 is 23.4 Å². The number of carboxylic acids is 1. The van der Waals surface area contributed by atoms with Crippen molar-refractivity contribution >= 4 is 21.9 Å². The van der Waals surface area contributed by atoms with Gasteiger partial charge in [0.2, 0.25) is 0 Å². The van der Waals surface area contributed by atoms with Crippen molar-refractivity contribution in [2.24, 2.45) is 0 Å². The fraction of sp³-hybridized carbons (Fsp3) is 0.0714. The first-order valence-electron chi connectivity index (χ1n) is 5.56. The molecule has 0 radical (unpaired) electrons. The highest BCUT2D eigenvalue weighted by atomic mass is 79.9. The van der Waals surface area contributed by atoms with Crippen molar-refractivity contribution in [1.29, 1.82) is 0 Å². The Bertz CT molecular complexity index is 639. The maximum atomic E-state index is 13.2. The molecule has 104 valence electrons. The summed E-state index contributed by atoms with van der Waals surface area (Å²) in [5.74, 6) is -2.31. The van der Waals surface area contributed by atoms with Crippen LogP contribution in [0.4, 0.5) is 8.78 Å². The number of halogens is 3. The van der Waals surface area contributed by atoms with Gasteiger partial charge in [-0.05, 0) is 35.9 Å². The zero-order chi connectivity index (χ0) is 14.7. The molecular formula is C14H9BrF2O3. The molecule has 0 bridgehead atoms. The van der Waals surface area contributed by atoms with Crippen LogP contribution >= 0.6 is 15.9 Å². The first-order chi connectivity index (χ1) is 9.44. The van der Waals surface area contributed by atoms with Gasteiger partial charge in [-0.1, -0.05) is 15.9 Å². The molecule has 0 spiro atoms. The molecule has 0 aliphatic carbocycles. The fourth-order valence-electron chi connectivity index (χ4n) is 1.63. The predicted octanol–water partition coefficient (Wildman–Crippen LogP) is 4.00. The van der Waals surface area contributed by atoms with Crippen LogP contribution in [0.3, 0.4) is 0 Å². The van der Waals surface area contributed by atoms with Crippen LogP contribution in [0.25, 0.3) is 0 Å². The molecule has 0 atom stereocenters. The van der Waals surface area contributed by atoms with Gasteiger partial charge in [0.05, 0.1) is 5.56 Å². The fourth-order valence-corrected chi connectivity index (χ4v) is 2.14. The van der Waals surface area contributed by atoms with E-state index in [9.17, 15) is 13.6 Å². The number of carboxylic acid groups (broad SMARTS) is 1. The molecule has 0 aromatic heterocycles. The number of hydrogen-bond donors (Lipinski definition) is 1. The Morgan fingerprint density at radius 1 is 1.10 bits per heavy atom. The maximum absolute atomic E-state index is 13.2. The summed E-state index contributed by atoms with van der Waals surface area (Å²) in [6, 6.07) is 7.41. The topological polar surface area (TPSA) is 46.5 Å². The summed E-state index contributed by atoms with van der Waals surface area (Å²) in [6.07, 6.45) is 0. The molecule has 20 heavy (non-hydrogen) atoms. The zero-order valence-corrected chi connectivity index (χ0v) is 11.7. The van der Waals surface area contributed by atoms with Crippen molar-refractivity contribution in [2.45, 2.75) is 6.61 Å². The van der Waals surface area contributed by atoms with Gasteiger partial charge in [-0.25, -0.2) is 13.6 Å². The highest BCUT2D eigenvalue weighted by Crippen LogP contribution is 2.20. The van der Waals surface area contributed by atoms with E-state index in [1.807, 2.05) is 0 Å². The molecule has 0 aliphatic rings. The van der Waals surface area contributed by atoms with Crippen LogP contribution in [0.2, 0.25) is 0 Å². The lowest BCUT2D eigenvalue weighted by atomic mass is 10.2. The Morgan fingerprint density at radius 2 is 1.80 bits per heavy atom. The minimum absolute atomic E-state index is 0.00112. The lowest BCUT2D eigenvalue weighted by Gasteiger charge is -2.08. The van der Waals surface area contributed by atoms with E-state index in [1.54, 1.807) is 6.07 Å². The molecule has 1 N–H and O–H groups in total. The lowest BCUT2D eigenvalue weighted by molar-refractivity contribution is 0.0695. The summed E-state index contributed by atoms with van der Waals surface area (Å²) in [4.78, 5) is 10.8. The number of hydrogen-bond acceptors (Lipinski definition) is 2. The summed E-state index contributed by atoms with van der Waals surface area (Å²) >= 11 is 3.15. The summed E-state index contributed by atoms with van der Waals surface area (Å²) in [6.45, 7) is -0.00112. The Kier molecular flexibility index (Phi) is 4.34. The second kappa shape index (κ2) is 6.00. The van der Waals surface area contributed by atoms with Gasteiger partial charge in [0, 0.05) is 10.5 Å². The highest BCUT2D eigenvalue weighted by Gasteiger charge is 2.08. The molecule has 0 fully saturated rings. The van der Waals surface area contributed by atoms with Crippen molar-refractivity contribution in [3.8, 4) is 5.75 Å². The summed E-state index contributed by atoms with van der Waals surface area (Å²) in [7, 11) is 0. The Balaban J connectivity index is 2.16. The Labute approximate surface area is 121 Å². The van der Waals surface area contributed by atoms with Crippen molar-refractivity contribution in [2.75, 3.05) is 0 Å². The number of rotatable bonds is 4. The van der Waals surface area contributed by atoms with E-state index in [4.69, 9.17) is 9.84 Å². The van der Waals surface area contributed by atoms with Crippen molar-refractivity contribution in [3.63, 3.8) is 0 Å². The largest absolute Gasteiger partial charge is 0.489 e. The number of ether oxygens (including phenoxy) is 1. The molecule has 6 heteroatoms. The number of benzene rings is 2.